The highest BCUT2D eigenvalue weighted by Gasteiger charge is 2.35. The average molecular weight is 540 g/mol. The van der Waals surface area contributed by atoms with Gasteiger partial charge in [-0.3, -0.25) is 9.48 Å². The van der Waals surface area contributed by atoms with Gasteiger partial charge in [0, 0.05) is 36.5 Å². The van der Waals surface area contributed by atoms with Gasteiger partial charge in [-0.2, -0.15) is 18.3 Å². The highest BCUT2D eigenvalue weighted by atomic mass is 32.1. The molecule has 1 fully saturated rings. The van der Waals surface area contributed by atoms with Gasteiger partial charge < -0.3 is 9.74 Å². The zero-order valence-electron chi connectivity index (χ0n) is 19.6. The number of aromatic nitrogens is 3. The molecule has 0 aliphatic carbocycles. The van der Waals surface area contributed by atoms with Crippen LogP contribution in [0.4, 0.5) is 22.0 Å². The van der Waals surface area contributed by atoms with Crippen molar-refractivity contribution in [3.63, 3.8) is 0 Å². The highest BCUT2D eigenvalue weighted by Crippen LogP contribution is 2.35. The lowest BCUT2D eigenvalue weighted by atomic mass is 9.97. The second-order valence-electron chi connectivity index (χ2n) is 9.02. The summed E-state index contributed by atoms with van der Waals surface area (Å²) in [4.78, 5) is 24.3. The summed E-state index contributed by atoms with van der Waals surface area (Å²) >= 11 is 1.45. The Morgan fingerprint density at radius 3 is 2.54 bits per heavy atom. The molecule has 1 unspecified atom stereocenters. The third-order valence-corrected chi connectivity index (χ3v) is 7.57. The third-order valence-electron chi connectivity index (χ3n) is 6.56. The Labute approximate surface area is 212 Å². The average Bonchev–Trinajstić information content (AvgIpc) is 3.59. The van der Waals surface area contributed by atoms with E-state index < -0.39 is 29.6 Å². The molecule has 4 heterocycles. The van der Waals surface area contributed by atoms with Crippen molar-refractivity contribution >= 4 is 23.0 Å². The number of alkyl halides is 3. The number of carbonyl (C=O) groups is 1. The van der Waals surface area contributed by atoms with Crippen LogP contribution in [0, 0.1) is 18.6 Å². The summed E-state index contributed by atoms with van der Waals surface area (Å²) in [5, 5.41) is 10.2. The molecular formula is C24H22F5N5O2S. The van der Waals surface area contributed by atoms with Crippen LogP contribution in [0.15, 0.2) is 34.8 Å². The molecule has 2 aromatic heterocycles. The zero-order valence-corrected chi connectivity index (χ0v) is 20.5. The molecule has 2 aliphatic rings. The van der Waals surface area contributed by atoms with Crippen molar-refractivity contribution in [1.29, 1.82) is 0 Å². The maximum Gasteiger partial charge on any atom is 0.435 e. The van der Waals surface area contributed by atoms with Crippen LogP contribution < -0.4 is 0 Å². The van der Waals surface area contributed by atoms with E-state index in [1.54, 1.807) is 4.90 Å². The van der Waals surface area contributed by atoms with E-state index in [0.29, 0.717) is 37.3 Å². The van der Waals surface area contributed by atoms with Gasteiger partial charge in [0.2, 0.25) is 5.91 Å². The van der Waals surface area contributed by atoms with Crippen LogP contribution in [0.2, 0.25) is 0 Å². The summed E-state index contributed by atoms with van der Waals surface area (Å²) in [7, 11) is 0. The van der Waals surface area contributed by atoms with Crippen molar-refractivity contribution < 1.29 is 31.6 Å². The van der Waals surface area contributed by atoms with Gasteiger partial charge in [-0.05, 0) is 38.0 Å². The van der Waals surface area contributed by atoms with E-state index in [0.717, 1.165) is 15.8 Å². The molecule has 3 aromatic rings. The SMILES string of the molecule is Cc1cc(C(F)(F)F)nn1CC(=O)N1CCC(c2nc(C3=NOC(c4c(F)cccc4F)C3)cs2)CC1. The van der Waals surface area contributed by atoms with Crippen LogP contribution in [0.25, 0.3) is 0 Å². The Bertz CT molecular complexity index is 1320. The van der Waals surface area contributed by atoms with Gasteiger partial charge in [-0.15, -0.1) is 11.3 Å². The molecule has 5 rings (SSSR count). The number of rotatable bonds is 5. The number of aryl methyl sites for hydroxylation is 1. The summed E-state index contributed by atoms with van der Waals surface area (Å²) in [5.41, 5.74) is 0.194. The Hall–Kier alpha value is -3.35. The number of oxime groups is 1. The van der Waals surface area contributed by atoms with Crippen molar-refractivity contribution in [3.8, 4) is 0 Å². The smallest absolute Gasteiger partial charge is 0.387 e. The number of likely N-dealkylation sites (tertiary alicyclic amines) is 1. The van der Waals surface area contributed by atoms with Crippen molar-refractivity contribution in [2.24, 2.45) is 5.16 Å². The molecule has 0 spiro atoms. The number of benzene rings is 1. The maximum atomic E-state index is 14.1. The fourth-order valence-corrected chi connectivity index (χ4v) is 5.52. The number of halogens is 5. The number of thiazole rings is 1. The molecule has 0 N–H and O–H groups in total. The molecule has 7 nitrogen and oxygen atoms in total. The minimum atomic E-state index is -4.56. The van der Waals surface area contributed by atoms with E-state index in [1.807, 2.05) is 5.38 Å². The quantitative estimate of drug-likeness (QED) is 0.417. The molecule has 1 saturated heterocycles. The largest absolute Gasteiger partial charge is 0.435 e. The Balaban J connectivity index is 1.17. The van der Waals surface area contributed by atoms with Crippen LogP contribution in [0.3, 0.4) is 0 Å². The molecule has 37 heavy (non-hydrogen) atoms. The summed E-state index contributed by atoms with van der Waals surface area (Å²) in [6, 6.07) is 4.56. The Morgan fingerprint density at radius 1 is 1.19 bits per heavy atom. The normalized spacial score (nSPS) is 18.7. The fourth-order valence-electron chi connectivity index (χ4n) is 4.52. The molecule has 2 aliphatic heterocycles. The lowest BCUT2D eigenvalue weighted by Crippen LogP contribution is -2.40. The minimum Gasteiger partial charge on any atom is -0.387 e. The van der Waals surface area contributed by atoms with E-state index in [-0.39, 0.29) is 36.0 Å². The zero-order chi connectivity index (χ0) is 26.3. The summed E-state index contributed by atoms with van der Waals surface area (Å²) < 4.78 is 67.9. The van der Waals surface area contributed by atoms with E-state index in [1.165, 1.54) is 36.5 Å². The molecule has 0 saturated carbocycles. The van der Waals surface area contributed by atoms with Crippen molar-refractivity contribution in [3.05, 3.63) is 68.9 Å². The van der Waals surface area contributed by atoms with Crippen molar-refractivity contribution in [2.75, 3.05) is 13.1 Å². The van der Waals surface area contributed by atoms with Gasteiger partial charge in [-0.1, -0.05) is 11.2 Å². The first-order valence-electron chi connectivity index (χ1n) is 11.6. The number of nitrogens with zero attached hydrogens (tertiary/aromatic N) is 5. The third kappa shape index (κ3) is 5.22. The summed E-state index contributed by atoms with van der Waals surface area (Å²) in [5.74, 6) is -1.56. The molecular weight excluding hydrogens is 517 g/mol. The summed E-state index contributed by atoms with van der Waals surface area (Å²) in [6.45, 7) is 2.13. The van der Waals surface area contributed by atoms with E-state index in [2.05, 4.69) is 15.2 Å². The number of piperidine rings is 1. The van der Waals surface area contributed by atoms with Crippen LogP contribution in [-0.4, -0.2) is 44.4 Å². The van der Waals surface area contributed by atoms with Gasteiger partial charge in [-0.25, -0.2) is 13.8 Å². The maximum absolute atomic E-state index is 14.1. The van der Waals surface area contributed by atoms with Crippen LogP contribution in [-0.2, 0) is 22.4 Å². The van der Waals surface area contributed by atoms with Crippen LogP contribution in [0.1, 0.15) is 58.9 Å². The molecule has 1 atom stereocenters. The van der Waals surface area contributed by atoms with E-state index in [4.69, 9.17) is 4.84 Å². The Morgan fingerprint density at radius 2 is 1.89 bits per heavy atom. The van der Waals surface area contributed by atoms with Gasteiger partial charge in [0.25, 0.3) is 0 Å². The van der Waals surface area contributed by atoms with Crippen molar-refractivity contribution in [2.45, 2.75) is 50.9 Å². The Kier molecular flexibility index (Phi) is 6.73. The number of hydrogen-bond acceptors (Lipinski definition) is 6. The second kappa shape index (κ2) is 9.84. The van der Waals surface area contributed by atoms with Gasteiger partial charge in [0.15, 0.2) is 11.8 Å². The minimum absolute atomic E-state index is 0.105. The predicted molar refractivity (Wildman–Crippen MR) is 124 cm³/mol. The molecule has 0 bridgehead atoms. The van der Waals surface area contributed by atoms with Gasteiger partial charge in [0.05, 0.1) is 16.3 Å². The first-order valence-corrected chi connectivity index (χ1v) is 12.5. The number of amides is 1. The van der Waals surface area contributed by atoms with Gasteiger partial charge >= 0.3 is 6.18 Å². The lowest BCUT2D eigenvalue weighted by Gasteiger charge is -2.31. The monoisotopic (exact) mass is 539 g/mol. The predicted octanol–water partition coefficient (Wildman–Crippen LogP) is 5.22. The molecule has 196 valence electrons. The van der Waals surface area contributed by atoms with E-state index >= 15 is 0 Å². The standard InChI is InChI=1S/C24H22F5N5O2S/c1-13-9-20(24(27,28)29)31-34(13)11-21(35)33-7-5-14(6-8-33)23-30-18(12-37-23)17-10-19(36-32-17)22-15(25)3-2-4-16(22)26/h2-4,9,12,14,19H,5-8,10-11H2,1H3. The number of carbonyl (C=O) groups excluding carboxylic acids is 1. The molecule has 0 radical (unpaired) electrons. The molecule has 1 amide bonds. The fraction of sp³-hybridized carbons (Fsp3) is 0.417. The summed E-state index contributed by atoms with van der Waals surface area (Å²) in [6.07, 6.45) is -3.93. The first kappa shape index (κ1) is 25.3. The second-order valence-corrected chi connectivity index (χ2v) is 9.91. The van der Waals surface area contributed by atoms with E-state index in [9.17, 15) is 26.7 Å². The molecule has 13 heteroatoms. The topological polar surface area (TPSA) is 72.6 Å². The van der Waals surface area contributed by atoms with Crippen LogP contribution >= 0.6 is 11.3 Å². The van der Waals surface area contributed by atoms with Crippen LogP contribution in [0.5, 0.6) is 0 Å². The number of hydrogen-bond donors (Lipinski definition) is 0. The van der Waals surface area contributed by atoms with Crippen molar-refractivity contribution in [1.82, 2.24) is 19.7 Å². The highest BCUT2D eigenvalue weighted by molar-refractivity contribution is 7.10. The first-order chi connectivity index (χ1) is 17.6. The lowest BCUT2D eigenvalue weighted by molar-refractivity contribution is -0.142. The molecule has 1 aromatic carbocycles. The van der Waals surface area contributed by atoms with Gasteiger partial charge in [0.1, 0.15) is 23.9 Å².